The number of alkyl carbamates (subject to hydrolysis) is 1. The summed E-state index contributed by atoms with van der Waals surface area (Å²) in [6.07, 6.45) is 16.2. The highest BCUT2D eigenvalue weighted by Crippen LogP contribution is 2.39. The molecule has 0 bridgehead atoms. The lowest BCUT2D eigenvalue weighted by atomic mass is 9.78. The molecule has 8 nitrogen and oxygen atoms in total. The van der Waals surface area contributed by atoms with Gasteiger partial charge in [0.05, 0.1) is 17.0 Å². The Hall–Kier alpha value is -3.46. The molecule has 2 aromatic heterocycles. The van der Waals surface area contributed by atoms with Gasteiger partial charge in [0, 0.05) is 36.3 Å². The fourth-order valence-electron chi connectivity index (χ4n) is 8.11. The summed E-state index contributed by atoms with van der Waals surface area (Å²) < 4.78 is 11.3. The van der Waals surface area contributed by atoms with Gasteiger partial charge in [-0.25, -0.2) is 14.8 Å². The number of hydrogen-bond donors (Lipinski definition) is 1. The maximum absolute atomic E-state index is 14.5. The summed E-state index contributed by atoms with van der Waals surface area (Å²) in [5.41, 5.74) is 3.58. The minimum atomic E-state index is -0.299. The molecule has 3 aliphatic rings. The molecule has 0 saturated heterocycles. The van der Waals surface area contributed by atoms with Crippen molar-refractivity contribution in [2.45, 2.75) is 135 Å². The van der Waals surface area contributed by atoms with Crippen LogP contribution in [0.25, 0.3) is 10.4 Å². The summed E-state index contributed by atoms with van der Waals surface area (Å²) in [5.74, 6) is 2.61. The van der Waals surface area contributed by atoms with Crippen molar-refractivity contribution in [3.8, 4) is 16.2 Å². The van der Waals surface area contributed by atoms with Gasteiger partial charge in [-0.2, -0.15) is 0 Å². The molecule has 3 saturated carbocycles. The number of aromatic nitrogens is 2. The molecule has 0 radical (unpaired) electrons. The Morgan fingerprint density at radius 1 is 0.920 bits per heavy atom. The van der Waals surface area contributed by atoms with E-state index in [9.17, 15) is 9.59 Å². The molecule has 6 rings (SSSR count). The Bertz CT molecular complexity index is 1590. The molecule has 1 aromatic carbocycles. The predicted octanol–water partition coefficient (Wildman–Crippen LogP) is 9.74. The van der Waals surface area contributed by atoms with Crippen molar-refractivity contribution in [2.24, 2.45) is 11.8 Å². The maximum Gasteiger partial charge on any atom is 0.407 e. The third kappa shape index (κ3) is 9.06. The number of thiazole rings is 1. The van der Waals surface area contributed by atoms with Crippen molar-refractivity contribution in [2.75, 3.05) is 18.6 Å². The Morgan fingerprint density at radius 3 is 2.32 bits per heavy atom. The summed E-state index contributed by atoms with van der Waals surface area (Å²) in [5, 5.41) is 4.17. The van der Waals surface area contributed by atoms with Crippen molar-refractivity contribution in [3.63, 3.8) is 0 Å². The SMILES string of the molecule is COc1ccc(C2CCC(CN(C(=O)C3CCC(OC(=O)NC4CCCCC4)CC3)c3cc(-c4cnc(C(C)(C)C)s4)ccn3)CC2)cc1C. The van der Waals surface area contributed by atoms with E-state index in [4.69, 9.17) is 19.4 Å². The van der Waals surface area contributed by atoms with E-state index in [1.54, 1.807) is 18.4 Å². The van der Waals surface area contributed by atoms with Crippen LogP contribution in [0, 0.1) is 18.8 Å². The molecule has 3 aliphatic carbocycles. The van der Waals surface area contributed by atoms with Gasteiger partial charge in [-0.05, 0) is 118 Å². The number of amides is 2. The third-order valence-corrected chi connectivity index (χ3v) is 12.6. The van der Waals surface area contributed by atoms with E-state index >= 15 is 0 Å². The topological polar surface area (TPSA) is 93.6 Å². The quantitative estimate of drug-likeness (QED) is 0.239. The van der Waals surface area contributed by atoms with E-state index in [-0.39, 0.29) is 35.5 Å². The summed E-state index contributed by atoms with van der Waals surface area (Å²) in [6, 6.07) is 10.9. The van der Waals surface area contributed by atoms with E-state index in [0.717, 1.165) is 65.5 Å². The number of carbonyl (C=O) groups excluding carboxylic acids is 2. The number of aryl methyl sites for hydroxylation is 1. The van der Waals surface area contributed by atoms with Crippen LogP contribution in [0.4, 0.5) is 10.6 Å². The number of hydrogen-bond acceptors (Lipinski definition) is 7. The highest BCUT2D eigenvalue weighted by Gasteiger charge is 2.34. The van der Waals surface area contributed by atoms with E-state index < -0.39 is 0 Å². The first-order chi connectivity index (χ1) is 24.1. The van der Waals surface area contributed by atoms with Gasteiger partial charge in [-0.3, -0.25) is 9.69 Å². The zero-order chi connectivity index (χ0) is 35.3. The highest BCUT2D eigenvalue weighted by molar-refractivity contribution is 7.15. The Labute approximate surface area is 302 Å². The first-order valence-electron chi connectivity index (χ1n) is 18.9. The van der Waals surface area contributed by atoms with Crippen LogP contribution in [0.2, 0.25) is 0 Å². The molecule has 9 heteroatoms. The third-order valence-electron chi connectivity index (χ3n) is 11.1. The largest absolute Gasteiger partial charge is 0.496 e. The van der Waals surface area contributed by atoms with Crippen LogP contribution in [0.5, 0.6) is 5.75 Å². The second-order valence-electron chi connectivity index (χ2n) is 15.9. The summed E-state index contributed by atoms with van der Waals surface area (Å²) in [6.45, 7) is 9.32. The number of pyridine rings is 1. The van der Waals surface area contributed by atoms with E-state index in [1.165, 1.54) is 30.4 Å². The van der Waals surface area contributed by atoms with Gasteiger partial charge >= 0.3 is 6.09 Å². The van der Waals surface area contributed by atoms with Crippen molar-refractivity contribution in [1.29, 1.82) is 0 Å². The molecule has 3 aromatic rings. The molecule has 0 aliphatic heterocycles. The van der Waals surface area contributed by atoms with Crippen molar-refractivity contribution in [1.82, 2.24) is 15.3 Å². The molecule has 0 spiro atoms. The number of benzene rings is 1. The normalized spacial score (nSPS) is 23.2. The molecule has 3 fully saturated rings. The number of methoxy groups -OCH3 is 1. The minimum absolute atomic E-state index is 0.0246. The smallest absolute Gasteiger partial charge is 0.407 e. The highest BCUT2D eigenvalue weighted by atomic mass is 32.1. The van der Waals surface area contributed by atoms with Crippen LogP contribution in [-0.4, -0.2) is 47.8 Å². The summed E-state index contributed by atoms with van der Waals surface area (Å²) in [4.78, 5) is 39.7. The lowest BCUT2D eigenvalue weighted by Gasteiger charge is -2.36. The minimum Gasteiger partial charge on any atom is -0.496 e. The number of rotatable bonds is 9. The number of anilines is 1. The van der Waals surface area contributed by atoms with Gasteiger partial charge in [0.25, 0.3) is 0 Å². The second-order valence-corrected chi connectivity index (χ2v) is 17.0. The van der Waals surface area contributed by atoms with Crippen molar-refractivity contribution in [3.05, 3.63) is 58.9 Å². The van der Waals surface area contributed by atoms with E-state index in [1.807, 2.05) is 23.4 Å². The van der Waals surface area contributed by atoms with Crippen LogP contribution >= 0.6 is 11.3 Å². The Kier molecular flexibility index (Phi) is 11.8. The predicted molar refractivity (Wildman–Crippen MR) is 201 cm³/mol. The number of ether oxygens (including phenoxy) is 2. The number of nitrogens with zero attached hydrogens (tertiary/aromatic N) is 3. The van der Waals surface area contributed by atoms with E-state index in [2.05, 4.69) is 57.3 Å². The first kappa shape index (κ1) is 36.3. The molecule has 0 unspecified atom stereocenters. The van der Waals surface area contributed by atoms with E-state index in [0.29, 0.717) is 44.1 Å². The summed E-state index contributed by atoms with van der Waals surface area (Å²) in [7, 11) is 1.72. The summed E-state index contributed by atoms with van der Waals surface area (Å²) >= 11 is 1.71. The second kappa shape index (κ2) is 16.3. The standard InChI is InChI=1S/C41H56N4O4S/c1-27-23-31(17-20-35(27)48-5)29-13-11-28(12-14-29)26-45(37-24-32(21-22-42-37)36-25-43-39(50-36)41(2,3)4)38(46)30-15-18-34(19-16-30)49-40(47)44-33-9-7-6-8-10-33/h17,20-25,28-30,33-34H,6-16,18-19,26H2,1-5H3,(H,44,47). The fraction of sp³-hybridized carbons (Fsp3) is 0.610. The van der Waals surface area contributed by atoms with Crippen LogP contribution in [0.3, 0.4) is 0 Å². The van der Waals surface area contributed by atoms with Crippen molar-refractivity contribution < 1.29 is 19.1 Å². The van der Waals surface area contributed by atoms with Gasteiger partial charge in [0.2, 0.25) is 5.91 Å². The lowest BCUT2D eigenvalue weighted by Crippen LogP contribution is -2.43. The Balaban J connectivity index is 1.14. The van der Waals surface area contributed by atoms with Gasteiger partial charge in [0.1, 0.15) is 17.7 Å². The monoisotopic (exact) mass is 700 g/mol. The van der Waals surface area contributed by atoms with Gasteiger partial charge in [0.15, 0.2) is 0 Å². The molecule has 50 heavy (non-hydrogen) atoms. The zero-order valence-electron chi connectivity index (χ0n) is 30.7. The van der Waals surface area contributed by atoms with Crippen LogP contribution in [0.15, 0.2) is 42.7 Å². The van der Waals surface area contributed by atoms with Crippen LogP contribution in [0.1, 0.15) is 126 Å². The van der Waals surface area contributed by atoms with Gasteiger partial charge in [-0.15, -0.1) is 11.3 Å². The van der Waals surface area contributed by atoms with Gasteiger partial charge in [-0.1, -0.05) is 52.2 Å². The zero-order valence-corrected chi connectivity index (χ0v) is 31.5. The molecule has 2 amide bonds. The molecular weight excluding hydrogens is 645 g/mol. The molecule has 0 atom stereocenters. The van der Waals surface area contributed by atoms with Gasteiger partial charge < -0.3 is 14.8 Å². The van der Waals surface area contributed by atoms with Crippen LogP contribution < -0.4 is 15.0 Å². The molecule has 1 N–H and O–H groups in total. The first-order valence-corrected chi connectivity index (χ1v) is 19.7. The number of carbonyl (C=O) groups is 2. The molecule has 270 valence electrons. The average Bonchev–Trinajstić information content (AvgIpc) is 3.63. The lowest BCUT2D eigenvalue weighted by molar-refractivity contribution is -0.124. The maximum atomic E-state index is 14.5. The molecular formula is C41H56N4O4S. The Morgan fingerprint density at radius 2 is 1.66 bits per heavy atom. The number of nitrogens with one attached hydrogen (secondary N) is 1. The fourth-order valence-corrected chi connectivity index (χ4v) is 9.08. The molecule has 2 heterocycles. The average molecular weight is 701 g/mol. The van der Waals surface area contributed by atoms with Crippen molar-refractivity contribution >= 4 is 29.2 Å². The van der Waals surface area contributed by atoms with Crippen LogP contribution in [-0.2, 0) is 14.9 Å².